The van der Waals surface area contributed by atoms with Gasteiger partial charge in [0.2, 0.25) is 0 Å². The summed E-state index contributed by atoms with van der Waals surface area (Å²) in [6.45, 7) is 1.50. The summed E-state index contributed by atoms with van der Waals surface area (Å²) in [5, 5.41) is 0. The second-order valence-corrected chi connectivity index (χ2v) is 4.83. The molecule has 0 aromatic carbocycles. The molecule has 0 saturated carbocycles. The first-order valence-corrected chi connectivity index (χ1v) is 5.36. The zero-order valence-electron chi connectivity index (χ0n) is 5.11. The molecule has 0 fully saturated rings. The number of carbonyl (C=O) groups excluding carboxylic acids is 1. The van der Waals surface area contributed by atoms with Crippen LogP contribution in [0, 0.1) is 0 Å². The first kappa shape index (κ1) is 10.3. The zero-order chi connectivity index (χ0) is 8.36. The van der Waals surface area contributed by atoms with Gasteiger partial charge in [0, 0.05) is 0 Å². The summed E-state index contributed by atoms with van der Waals surface area (Å²) in [5.74, 6) is -0.834. The van der Waals surface area contributed by atoms with Crippen LogP contribution in [0.4, 0.5) is 0 Å². The van der Waals surface area contributed by atoms with Gasteiger partial charge in [-0.1, -0.05) is 22.6 Å². The van der Waals surface area contributed by atoms with Crippen LogP contribution in [0.1, 0.15) is 6.92 Å². The first-order valence-electron chi connectivity index (χ1n) is 2.37. The molecule has 0 amide bonds. The molecule has 7 heteroatoms. The Labute approximate surface area is 72.3 Å². The fraction of sp³-hybridized carbons (Fsp3) is 0.667. The van der Waals surface area contributed by atoms with Crippen molar-refractivity contribution in [3.63, 3.8) is 0 Å². The van der Waals surface area contributed by atoms with Crippen molar-refractivity contribution in [3.8, 4) is 0 Å². The molecule has 0 aliphatic rings. The van der Waals surface area contributed by atoms with Gasteiger partial charge in [-0.25, -0.2) is 0 Å². The third-order valence-corrected chi connectivity index (χ3v) is 1.55. The molecule has 0 bridgehead atoms. The number of rotatable bonds is 2. The highest BCUT2D eigenvalue weighted by atomic mass is 127. The van der Waals surface area contributed by atoms with E-state index in [4.69, 9.17) is 14.4 Å². The lowest BCUT2D eigenvalue weighted by atomic mass is 10.5. The number of alkyl halides is 1. The number of carbonyl (C=O) groups is 1. The van der Waals surface area contributed by atoms with E-state index in [2.05, 4.69) is 4.43 Å². The van der Waals surface area contributed by atoms with Crippen LogP contribution in [-0.2, 0) is 9.22 Å². The van der Waals surface area contributed by atoms with E-state index >= 15 is 0 Å². The topological polar surface area (TPSA) is 87.0 Å². The van der Waals surface area contributed by atoms with Gasteiger partial charge in [-0.05, 0) is 6.92 Å². The van der Waals surface area contributed by atoms with Crippen molar-refractivity contribution in [2.45, 2.75) is 10.8 Å². The van der Waals surface area contributed by atoms with E-state index in [0.717, 1.165) is 0 Å². The third-order valence-electron chi connectivity index (χ3n) is 0.562. The molecule has 0 radical (unpaired) electrons. The Bertz CT molecular complexity index is 129. The molecule has 1 unspecified atom stereocenters. The normalized spacial score (nSPS) is 14.5. The molecule has 0 spiro atoms. The average Bonchev–Trinajstić information content (AvgIpc) is 1.60. The van der Waals surface area contributed by atoms with Crippen LogP contribution < -0.4 is 0 Å². The van der Waals surface area contributed by atoms with Crippen molar-refractivity contribution in [1.29, 1.82) is 0 Å². The standard InChI is InChI=1S/C3H7IO5Si/c1-2(4)3(5)9-10(6,7)8/h2,6-8H,1H3. The van der Waals surface area contributed by atoms with Crippen LogP contribution >= 0.6 is 22.6 Å². The Hall–Kier alpha value is 0.297. The third kappa shape index (κ3) is 5.11. The van der Waals surface area contributed by atoms with E-state index in [1.54, 1.807) is 22.6 Å². The highest BCUT2D eigenvalue weighted by Crippen LogP contribution is 2.03. The van der Waals surface area contributed by atoms with Gasteiger partial charge in [0.15, 0.2) is 0 Å². The van der Waals surface area contributed by atoms with E-state index in [1.807, 2.05) is 0 Å². The SMILES string of the molecule is CC(I)C(=O)O[Si](O)(O)O. The van der Waals surface area contributed by atoms with Crippen LogP contribution in [0.15, 0.2) is 0 Å². The molecular weight excluding hydrogens is 271 g/mol. The van der Waals surface area contributed by atoms with Crippen LogP contribution in [0.25, 0.3) is 0 Å². The monoisotopic (exact) mass is 278 g/mol. The molecular formula is C3H7IO5Si. The van der Waals surface area contributed by atoms with Gasteiger partial charge in [-0.2, -0.15) is 0 Å². The second kappa shape index (κ2) is 3.62. The van der Waals surface area contributed by atoms with Gasteiger partial charge in [0.1, 0.15) is 3.92 Å². The summed E-state index contributed by atoms with van der Waals surface area (Å²) in [5.41, 5.74) is 0. The van der Waals surface area contributed by atoms with Gasteiger partial charge in [0.25, 0.3) is 0 Å². The minimum absolute atomic E-state index is 0.504. The summed E-state index contributed by atoms with van der Waals surface area (Å²) in [7, 11) is -4.64. The van der Waals surface area contributed by atoms with E-state index < -0.39 is 18.9 Å². The van der Waals surface area contributed by atoms with Gasteiger partial charge >= 0.3 is 15.0 Å². The molecule has 10 heavy (non-hydrogen) atoms. The van der Waals surface area contributed by atoms with Gasteiger partial charge in [0.05, 0.1) is 0 Å². The number of halogens is 1. The summed E-state index contributed by atoms with van der Waals surface area (Å²) < 4.78 is 3.35. The summed E-state index contributed by atoms with van der Waals surface area (Å²) in [6, 6.07) is 0. The lowest BCUT2D eigenvalue weighted by Crippen LogP contribution is -2.42. The molecule has 0 rings (SSSR count). The van der Waals surface area contributed by atoms with Crippen molar-refractivity contribution in [1.82, 2.24) is 0 Å². The summed E-state index contributed by atoms with van der Waals surface area (Å²) >= 11 is 1.72. The van der Waals surface area contributed by atoms with Gasteiger partial charge < -0.3 is 18.8 Å². The van der Waals surface area contributed by atoms with Crippen LogP contribution in [0.3, 0.4) is 0 Å². The predicted molar refractivity (Wildman–Crippen MR) is 42.0 cm³/mol. The largest absolute Gasteiger partial charge is 0.743 e. The van der Waals surface area contributed by atoms with E-state index in [0.29, 0.717) is 0 Å². The minimum atomic E-state index is -4.64. The maximum Gasteiger partial charge on any atom is 0.743 e. The molecule has 0 heterocycles. The van der Waals surface area contributed by atoms with Crippen molar-refractivity contribution >= 4 is 37.6 Å². The Kier molecular flexibility index (Phi) is 3.73. The van der Waals surface area contributed by atoms with Crippen LogP contribution in [-0.4, -0.2) is 33.3 Å². The van der Waals surface area contributed by atoms with Crippen molar-refractivity contribution < 1.29 is 23.6 Å². The molecule has 3 N–H and O–H groups in total. The van der Waals surface area contributed by atoms with Crippen molar-refractivity contribution in [3.05, 3.63) is 0 Å². The van der Waals surface area contributed by atoms with Gasteiger partial charge in [-0.15, -0.1) is 0 Å². The lowest BCUT2D eigenvalue weighted by Gasteiger charge is -2.10. The van der Waals surface area contributed by atoms with Crippen LogP contribution in [0.2, 0.25) is 0 Å². The Morgan fingerprint density at radius 3 is 2.10 bits per heavy atom. The molecule has 1 atom stereocenters. The highest BCUT2D eigenvalue weighted by Gasteiger charge is 2.36. The van der Waals surface area contributed by atoms with Crippen molar-refractivity contribution in [2.75, 3.05) is 0 Å². The molecule has 0 aliphatic heterocycles. The molecule has 0 aromatic heterocycles. The quantitative estimate of drug-likeness (QED) is 0.334. The minimum Gasteiger partial charge on any atom is -0.451 e. The number of hydrogen-bond donors (Lipinski definition) is 3. The fourth-order valence-corrected chi connectivity index (χ4v) is 1.03. The molecule has 0 saturated heterocycles. The maximum absolute atomic E-state index is 10.5. The average molecular weight is 278 g/mol. The second-order valence-electron chi connectivity index (χ2n) is 1.61. The summed E-state index contributed by atoms with van der Waals surface area (Å²) in [4.78, 5) is 35.2. The van der Waals surface area contributed by atoms with Crippen molar-refractivity contribution in [2.24, 2.45) is 0 Å². The molecule has 60 valence electrons. The van der Waals surface area contributed by atoms with Gasteiger partial charge in [-0.3, -0.25) is 4.79 Å². The highest BCUT2D eigenvalue weighted by molar-refractivity contribution is 14.1. The van der Waals surface area contributed by atoms with Crippen LogP contribution in [0.5, 0.6) is 0 Å². The lowest BCUT2D eigenvalue weighted by molar-refractivity contribution is -0.139. The predicted octanol–water partition coefficient (Wildman–Crippen LogP) is -1.23. The Morgan fingerprint density at radius 1 is 1.60 bits per heavy atom. The zero-order valence-corrected chi connectivity index (χ0v) is 8.27. The summed E-state index contributed by atoms with van der Waals surface area (Å²) in [6.07, 6.45) is 0. The Morgan fingerprint density at radius 2 is 2.00 bits per heavy atom. The number of hydrogen-bond acceptors (Lipinski definition) is 5. The fourth-order valence-electron chi connectivity index (χ4n) is 0.216. The first-order chi connectivity index (χ1) is 4.33. The Balaban J connectivity index is 3.81. The molecule has 0 aliphatic carbocycles. The van der Waals surface area contributed by atoms with E-state index in [1.165, 1.54) is 6.92 Å². The molecule has 0 aromatic rings. The van der Waals surface area contributed by atoms with E-state index in [9.17, 15) is 4.79 Å². The molecule has 5 nitrogen and oxygen atoms in total. The van der Waals surface area contributed by atoms with E-state index in [-0.39, 0.29) is 0 Å². The smallest absolute Gasteiger partial charge is 0.451 e. The maximum atomic E-state index is 10.5.